The first-order valence-corrected chi connectivity index (χ1v) is 8.47. The minimum atomic E-state index is -0.0800. The van der Waals surface area contributed by atoms with Crippen LogP contribution in [0, 0.1) is 0 Å². The van der Waals surface area contributed by atoms with E-state index in [-0.39, 0.29) is 7.33 Å². The molecule has 0 bridgehead atoms. The lowest BCUT2D eigenvalue weighted by Crippen LogP contribution is -2.26. The predicted octanol–water partition coefficient (Wildman–Crippen LogP) is 3.97. The Morgan fingerprint density at radius 3 is 2.57 bits per heavy atom. The number of piperidine rings is 1. The van der Waals surface area contributed by atoms with Gasteiger partial charge < -0.3 is 14.6 Å². The van der Waals surface area contributed by atoms with Gasteiger partial charge >= 0.3 is 0 Å². The van der Waals surface area contributed by atoms with Crippen LogP contribution in [0.3, 0.4) is 0 Å². The van der Waals surface area contributed by atoms with Crippen LogP contribution in [0.2, 0.25) is 0 Å². The number of benzene rings is 1. The summed E-state index contributed by atoms with van der Waals surface area (Å²) in [5.74, 6) is 1.32. The number of amides is 1. The molecular weight excluding hydrogens is 288 g/mol. The average molecular weight is 316 g/mol. The monoisotopic (exact) mass is 316 g/mol. The van der Waals surface area contributed by atoms with Crippen molar-refractivity contribution in [2.24, 2.45) is 0 Å². The van der Waals surface area contributed by atoms with Crippen LogP contribution < -0.4 is 5.32 Å². The van der Waals surface area contributed by atoms with Crippen molar-refractivity contribution >= 4 is 16.9 Å². The lowest BCUT2D eigenvalue weighted by Gasteiger charge is -2.24. The minimum Gasteiger partial charge on any atom is -0.451 e. The number of rotatable bonds is 3. The average Bonchev–Trinajstić information content (AvgIpc) is 2.97. The molecule has 1 fully saturated rings. The van der Waals surface area contributed by atoms with E-state index in [4.69, 9.17) is 4.42 Å². The van der Waals surface area contributed by atoms with E-state index in [1.165, 1.54) is 11.1 Å². The minimum absolute atomic E-state index is 0. The summed E-state index contributed by atoms with van der Waals surface area (Å²) < 4.78 is 6.00. The first-order chi connectivity index (χ1) is 11.0. The third-order valence-electron chi connectivity index (χ3n) is 4.73. The molecule has 1 aromatic heterocycles. The molecule has 0 aliphatic carbocycles. The maximum Gasteiger partial charge on any atom is 0.289 e. The van der Waals surface area contributed by atoms with E-state index in [0.29, 0.717) is 17.6 Å². The topological polar surface area (TPSA) is 45.5 Å². The Balaban J connectivity index is 0.00000208. The highest BCUT2D eigenvalue weighted by atomic mass is 16.3. The highest BCUT2D eigenvalue weighted by Crippen LogP contribution is 2.36. The zero-order valence-corrected chi connectivity index (χ0v) is 14.5. The first kappa shape index (κ1) is 16.1. The maximum absolute atomic E-state index is 12.2. The number of carbonyl (C=O) groups is 1. The summed E-state index contributed by atoms with van der Waals surface area (Å²) in [5.41, 5.74) is 3.48. The molecule has 0 saturated carbocycles. The summed E-state index contributed by atoms with van der Waals surface area (Å²) >= 11 is 0. The van der Waals surface area contributed by atoms with Gasteiger partial charge in [0.2, 0.25) is 0 Å². The lowest BCUT2D eigenvalue weighted by atomic mass is 9.86. The van der Waals surface area contributed by atoms with Crippen LogP contribution in [0.15, 0.2) is 22.6 Å². The summed E-state index contributed by atoms with van der Waals surface area (Å²) in [5, 5.41) is 4.47. The molecule has 2 heterocycles. The van der Waals surface area contributed by atoms with Crippen molar-refractivity contribution in [1.82, 2.24) is 10.2 Å². The van der Waals surface area contributed by atoms with Gasteiger partial charge in [0.15, 0.2) is 5.76 Å². The van der Waals surface area contributed by atoms with Gasteiger partial charge in [0, 0.05) is 20.9 Å². The van der Waals surface area contributed by atoms with Crippen LogP contribution in [-0.2, 0) is 0 Å². The van der Waals surface area contributed by atoms with E-state index in [2.05, 4.69) is 31.3 Å². The van der Waals surface area contributed by atoms with Crippen LogP contribution >= 0.6 is 0 Å². The molecule has 1 N–H and O–H groups in total. The first-order valence-electron chi connectivity index (χ1n) is 8.47. The van der Waals surface area contributed by atoms with Gasteiger partial charge in [0.1, 0.15) is 5.58 Å². The number of hydrogen-bond donors (Lipinski definition) is 1. The van der Waals surface area contributed by atoms with Gasteiger partial charge in [-0.1, -0.05) is 19.9 Å². The van der Waals surface area contributed by atoms with Gasteiger partial charge in [-0.15, -0.1) is 0 Å². The molecule has 0 unspecified atom stereocenters. The molecule has 4 nitrogen and oxygen atoms in total. The zero-order valence-electron chi connectivity index (χ0n) is 14.5. The van der Waals surface area contributed by atoms with E-state index < -0.39 is 0 Å². The Labute approximate surface area is 139 Å². The van der Waals surface area contributed by atoms with Gasteiger partial charge in [-0.25, -0.2) is 0 Å². The smallest absolute Gasteiger partial charge is 0.289 e. The molecule has 0 spiro atoms. The molecule has 2 aromatic rings. The molecule has 1 amide bonds. The molecule has 1 aliphatic rings. The molecule has 0 radical (unpaired) electrons. The molecule has 1 aliphatic heterocycles. The molecule has 126 valence electrons. The Morgan fingerprint density at radius 2 is 1.96 bits per heavy atom. The quantitative estimate of drug-likeness (QED) is 0.932. The Kier molecular flexibility index (Phi) is 4.44. The van der Waals surface area contributed by atoms with Crippen molar-refractivity contribution in [2.75, 3.05) is 27.2 Å². The van der Waals surface area contributed by atoms with Gasteiger partial charge in [-0.3, -0.25) is 4.79 Å². The van der Waals surface area contributed by atoms with Gasteiger partial charge in [-0.2, -0.15) is 0 Å². The van der Waals surface area contributed by atoms with E-state index in [1.807, 2.05) is 6.07 Å². The fourth-order valence-corrected chi connectivity index (χ4v) is 3.30. The molecule has 23 heavy (non-hydrogen) atoms. The molecular formula is C19H28N2O2. The van der Waals surface area contributed by atoms with Crippen LogP contribution in [-0.4, -0.2) is 38.0 Å². The fraction of sp³-hybridized carbons (Fsp3) is 0.526. The molecule has 1 aromatic carbocycles. The second-order valence-corrected chi connectivity index (χ2v) is 7.02. The predicted molar refractivity (Wildman–Crippen MR) is 95.3 cm³/mol. The third-order valence-corrected chi connectivity index (χ3v) is 4.73. The maximum atomic E-state index is 12.2. The Bertz CT molecular complexity index is 715. The van der Waals surface area contributed by atoms with Crippen molar-refractivity contribution in [2.45, 2.75) is 38.5 Å². The van der Waals surface area contributed by atoms with Crippen LogP contribution in [0.25, 0.3) is 11.0 Å². The summed E-state index contributed by atoms with van der Waals surface area (Å²) in [6.45, 7) is 6.50. The molecule has 4 heteroatoms. The Hall–Kier alpha value is -1.81. The number of nitrogens with zero attached hydrogens (tertiary/aromatic N) is 1. The van der Waals surface area contributed by atoms with E-state index in [1.54, 1.807) is 19.0 Å². The summed E-state index contributed by atoms with van der Waals surface area (Å²) in [4.78, 5) is 13.8. The number of carbonyl (C=O) groups excluding carboxylic acids is 1. The van der Waals surface area contributed by atoms with E-state index >= 15 is 0 Å². The van der Waals surface area contributed by atoms with Crippen LogP contribution in [0.4, 0.5) is 0 Å². The van der Waals surface area contributed by atoms with Crippen LogP contribution in [0.5, 0.6) is 0 Å². The zero-order chi connectivity index (χ0) is 16.6. The number of hydrogen-bond acceptors (Lipinski definition) is 3. The highest BCUT2D eigenvalue weighted by molar-refractivity contribution is 5.96. The SMILES string of the molecule is CC(C)c1cc(C2CCNCC2)c2oc(C(=O)N(C)C)cc2c1.[HH]. The normalized spacial score (nSPS) is 16.2. The Morgan fingerprint density at radius 1 is 1.26 bits per heavy atom. The summed E-state index contributed by atoms with van der Waals surface area (Å²) in [6.07, 6.45) is 2.24. The standard InChI is InChI=1S/C19H26N2O2.H2/c1-12(2)14-9-15-11-17(19(22)21(3)4)23-18(15)16(10-14)13-5-7-20-8-6-13;/h9-13,20H,5-8H2,1-4H3;1H. The highest BCUT2D eigenvalue weighted by Gasteiger charge is 2.23. The van der Waals surface area contributed by atoms with Gasteiger partial charge in [0.25, 0.3) is 5.91 Å². The lowest BCUT2D eigenvalue weighted by molar-refractivity contribution is 0.0799. The third kappa shape index (κ3) is 3.13. The van der Waals surface area contributed by atoms with Gasteiger partial charge in [0.05, 0.1) is 0 Å². The largest absolute Gasteiger partial charge is 0.451 e. The van der Waals surface area contributed by atoms with Crippen LogP contribution in [0.1, 0.15) is 61.6 Å². The van der Waals surface area contributed by atoms with Gasteiger partial charge in [-0.05, 0) is 61.0 Å². The van der Waals surface area contributed by atoms with Crippen molar-refractivity contribution in [3.63, 3.8) is 0 Å². The number of nitrogens with one attached hydrogen (secondary N) is 1. The molecule has 3 rings (SSSR count). The van der Waals surface area contributed by atoms with Crippen molar-refractivity contribution < 1.29 is 10.6 Å². The van der Waals surface area contributed by atoms with E-state index in [0.717, 1.165) is 36.9 Å². The molecule has 0 atom stereocenters. The van der Waals surface area contributed by atoms with E-state index in [9.17, 15) is 4.79 Å². The number of fused-ring (bicyclic) bond motifs is 1. The second kappa shape index (κ2) is 6.36. The van der Waals surface area contributed by atoms with Crippen molar-refractivity contribution in [3.8, 4) is 0 Å². The second-order valence-electron chi connectivity index (χ2n) is 7.02. The fourth-order valence-electron chi connectivity index (χ4n) is 3.30. The summed E-state index contributed by atoms with van der Waals surface area (Å²) in [7, 11) is 3.51. The summed E-state index contributed by atoms with van der Waals surface area (Å²) in [6, 6.07) is 6.35. The van der Waals surface area contributed by atoms with Crippen molar-refractivity contribution in [1.29, 1.82) is 0 Å². The number of furan rings is 1. The molecule has 1 saturated heterocycles. The van der Waals surface area contributed by atoms with Crippen molar-refractivity contribution in [3.05, 3.63) is 35.1 Å².